The predicted octanol–water partition coefficient (Wildman–Crippen LogP) is 4.95. The molecule has 1 aliphatic rings. The van der Waals surface area contributed by atoms with Crippen molar-refractivity contribution in [1.29, 1.82) is 0 Å². The van der Waals surface area contributed by atoms with Gasteiger partial charge >= 0.3 is 0 Å². The molecule has 1 N–H and O–H groups in total. The number of hydrogen-bond donors (Lipinski definition) is 1. The number of nitrogens with one attached hydrogen (secondary N) is 1. The first-order valence-electron chi connectivity index (χ1n) is 10.6. The second-order valence-electron chi connectivity index (χ2n) is 7.79. The normalized spacial score (nSPS) is 15.7. The highest BCUT2D eigenvalue weighted by Gasteiger charge is 2.41. The van der Waals surface area contributed by atoms with Crippen molar-refractivity contribution < 1.29 is 14.3 Å². The smallest absolute Gasteiger partial charge is 0.235 e. The van der Waals surface area contributed by atoms with Crippen LogP contribution in [0.5, 0.6) is 5.88 Å². The highest BCUT2D eigenvalue weighted by atomic mass is 16.5. The Hall–Kier alpha value is -2.40. The lowest BCUT2D eigenvalue weighted by atomic mass is 9.68. The Morgan fingerprint density at radius 3 is 2.59 bits per heavy atom. The maximum absolute atomic E-state index is 13.5. The van der Waals surface area contributed by atoms with Gasteiger partial charge in [-0.1, -0.05) is 49.1 Å². The average molecular weight is 397 g/mol. The maximum Gasteiger partial charge on any atom is 0.235 e. The van der Waals surface area contributed by atoms with Gasteiger partial charge in [0, 0.05) is 12.7 Å². The number of nitrogens with zero attached hydrogens (tertiary/aromatic N) is 1. The van der Waals surface area contributed by atoms with Crippen LogP contribution in [0.1, 0.15) is 55.8 Å². The summed E-state index contributed by atoms with van der Waals surface area (Å²) in [6.07, 6.45) is 5.10. The van der Waals surface area contributed by atoms with Crippen molar-refractivity contribution in [3.63, 3.8) is 0 Å². The van der Waals surface area contributed by atoms with Crippen LogP contribution in [0, 0.1) is 13.8 Å². The van der Waals surface area contributed by atoms with Gasteiger partial charge in [-0.2, -0.15) is 0 Å². The highest BCUT2D eigenvalue weighted by molar-refractivity contribution is 5.99. The van der Waals surface area contributed by atoms with Gasteiger partial charge in [0.25, 0.3) is 0 Å². The predicted molar refractivity (Wildman–Crippen MR) is 116 cm³/mol. The van der Waals surface area contributed by atoms with Crippen molar-refractivity contribution >= 4 is 11.6 Å². The van der Waals surface area contributed by atoms with Crippen LogP contribution in [0.25, 0.3) is 0 Å². The molecule has 5 nitrogen and oxygen atoms in total. The van der Waals surface area contributed by atoms with Crippen LogP contribution in [0.3, 0.4) is 0 Å². The molecule has 1 aromatic heterocycles. The lowest BCUT2D eigenvalue weighted by molar-refractivity contribution is -0.122. The number of rotatable bonds is 8. The fourth-order valence-electron chi connectivity index (χ4n) is 4.09. The third-order valence-corrected chi connectivity index (χ3v) is 5.70. The minimum atomic E-state index is -0.469. The van der Waals surface area contributed by atoms with E-state index in [2.05, 4.69) is 41.5 Å². The van der Waals surface area contributed by atoms with Gasteiger partial charge in [0.15, 0.2) is 0 Å². The van der Waals surface area contributed by atoms with Crippen LogP contribution < -0.4 is 10.1 Å². The van der Waals surface area contributed by atoms with Crippen LogP contribution in [-0.2, 0) is 14.9 Å². The Morgan fingerprint density at radius 2 is 1.90 bits per heavy atom. The fraction of sp³-hybridized carbons (Fsp3) is 0.500. The van der Waals surface area contributed by atoms with E-state index in [0.717, 1.165) is 42.6 Å². The first-order valence-corrected chi connectivity index (χ1v) is 10.6. The van der Waals surface area contributed by atoms with Gasteiger partial charge in [-0.15, -0.1) is 0 Å². The van der Waals surface area contributed by atoms with Gasteiger partial charge < -0.3 is 14.8 Å². The SMILES string of the molecule is CCOCCOc1ccc(NC(=O)C2(c3cccc(C)c3)CCCCC2)c(C)n1. The number of benzene rings is 1. The van der Waals surface area contributed by atoms with Gasteiger partial charge in [-0.05, 0) is 45.2 Å². The number of amides is 1. The van der Waals surface area contributed by atoms with Gasteiger partial charge in [0.2, 0.25) is 11.8 Å². The summed E-state index contributed by atoms with van der Waals surface area (Å²) in [7, 11) is 0. The summed E-state index contributed by atoms with van der Waals surface area (Å²) in [4.78, 5) is 18.0. The maximum atomic E-state index is 13.5. The first-order chi connectivity index (χ1) is 14.0. The average Bonchev–Trinajstić information content (AvgIpc) is 2.73. The monoisotopic (exact) mass is 396 g/mol. The number of carbonyl (C=O) groups excluding carboxylic acids is 1. The molecule has 0 unspecified atom stereocenters. The van der Waals surface area contributed by atoms with E-state index in [9.17, 15) is 4.79 Å². The van der Waals surface area contributed by atoms with Crippen molar-refractivity contribution in [1.82, 2.24) is 4.98 Å². The third-order valence-electron chi connectivity index (χ3n) is 5.70. The molecular weight excluding hydrogens is 364 g/mol. The minimum Gasteiger partial charge on any atom is -0.475 e. The number of carbonyl (C=O) groups is 1. The molecule has 0 radical (unpaired) electrons. The molecular formula is C24H32N2O3. The summed E-state index contributed by atoms with van der Waals surface area (Å²) in [5, 5.41) is 3.16. The molecule has 29 heavy (non-hydrogen) atoms. The molecule has 5 heteroatoms. The van der Waals surface area contributed by atoms with Gasteiger partial charge in [0.05, 0.1) is 23.4 Å². The zero-order valence-corrected chi connectivity index (χ0v) is 17.8. The van der Waals surface area contributed by atoms with E-state index in [0.29, 0.717) is 25.7 Å². The van der Waals surface area contributed by atoms with Gasteiger partial charge in [0.1, 0.15) is 6.61 Å². The summed E-state index contributed by atoms with van der Waals surface area (Å²) in [6, 6.07) is 12.1. The van der Waals surface area contributed by atoms with Crippen molar-refractivity contribution in [2.75, 3.05) is 25.1 Å². The molecule has 1 aliphatic carbocycles. The van der Waals surface area contributed by atoms with Crippen molar-refractivity contribution in [3.05, 3.63) is 53.2 Å². The van der Waals surface area contributed by atoms with E-state index in [4.69, 9.17) is 9.47 Å². The molecule has 1 aromatic carbocycles. The van der Waals surface area contributed by atoms with Crippen molar-refractivity contribution in [2.24, 2.45) is 0 Å². The number of pyridine rings is 1. The molecule has 0 aliphatic heterocycles. The molecule has 1 fully saturated rings. The number of ether oxygens (including phenoxy) is 2. The summed E-state index contributed by atoms with van der Waals surface area (Å²) in [5.74, 6) is 0.615. The fourth-order valence-corrected chi connectivity index (χ4v) is 4.09. The van der Waals surface area contributed by atoms with Crippen LogP contribution in [-0.4, -0.2) is 30.7 Å². The quantitative estimate of drug-likeness (QED) is 0.641. The molecule has 1 heterocycles. The third kappa shape index (κ3) is 5.15. The van der Waals surface area contributed by atoms with Gasteiger partial charge in [-0.25, -0.2) is 4.98 Å². The second-order valence-corrected chi connectivity index (χ2v) is 7.79. The number of aromatic nitrogens is 1. The molecule has 0 bridgehead atoms. The van der Waals surface area contributed by atoms with E-state index in [-0.39, 0.29) is 5.91 Å². The Balaban J connectivity index is 1.76. The summed E-state index contributed by atoms with van der Waals surface area (Å²) in [6.45, 7) is 7.60. The number of aryl methyl sites for hydroxylation is 2. The van der Waals surface area contributed by atoms with Crippen LogP contribution in [0.4, 0.5) is 5.69 Å². The highest BCUT2D eigenvalue weighted by Crippen LogP contribution is 2.41. The molecule has 0 atom stereocenters. The van der Waals surface area contributed by atoms with Crippen LogP contribution in [0.15, 0.2) is 36.4 Å². The van der Waals surface area contributed by atoms with E-state index < -0.39 is 5.41 Å². The first kappa shape index (κ1) is 21.3. The molecule has 0 spiro atoms. The molecule has 2 aromatic rings. The standard InChI is InChI=1S/C24H32N2O3/c1-4-28-15-16-29-22-12-11-21(19(3)25-22)26-23(27)24(13-6-5-7-14-24)20-10-8-9-18(2)17-20/h8-12,17H,4-7,13-16H2,1-3H3,(H,26,27). The Labute approximate surface area is 173 Å². The second kappa shape index (κ2) is 9.88. The van der Waals surface area contributed by atoms with Crippen LogP contribution >= 0.6 is 0 Å². The molecule has 3 rings (SSSR count). The zero-order valence-electron chi connectivity index (χ0n) is 17.8. The van der Waals surface area contributed by atoms with Crippen molar-refractivity contribution in [3.8, 4) is 5.88 Å². The molecule has 1 amide bonds. The summed E-state index contributed by atoms with van der Waals surface area (Å²) < 4.78 is 10.9. The Morgan fingerprint density at radius 1 is 1.10 bits per heavy atom. The minimum absolute atomic E-state index is 0.0673. The van der Waals surface area contributed by atoms with E-state index >= 15 is 0 Å². The molecule has 1 saturated carbocycles. The Kier molecular flexibility index (Phi) is 7.26. The van der Waals surface area contributed by atoms with Gasteiger partial charge in [-0.3, -0.25) is 4.79 Å². The summed E-state index contributed by atoms with van der Waals surface area (Å²) in [5.41, 5.74) is 3.33. The lowest BCUT2D eigenvalue weighted by Crippen LogP contribution is -2.42. The van der Waals surface area contributed by atoms with E-state index in [1.54, 1.807) is 6.07 Å². The Bertz CT molecular complexity index is 829. The largest absolute Gasteiger partial charge is 0.475 e. The van der Waals surface area contributed by atoms with E-state index in [1.165, 1.54) is 12.0 Å². The van der Waals surface area contributed by atoms with Crippen LogP contribution in [0.2, 0.25) is 0 Å². The zero-order chi connectivity index (χ0) is 20.7. The number of hydrogen-bond acceptors (Lipinski definition) is 4. The molecule has 156 valence electrons. The summed E-state index contributed by atoms with van der Waals surface area (Å²) >= 11 is 0. The topological polar surface area (TPSA) is 60.5 Å². The number of anilines is 1. The lowest BCUT2D eigenvalue weighted by Gasteiger charge is -2.36. The molecule has 0 saturated heterocycles. The van der Waals surface area contributed by atoms with E-state index in [1.807, 2.05) is 19.9 Å². The van der Waals surface area contributed by atoms with Crippen molar-refractivity contribution in [2.45, 2.75) is 58.3 Å².